The summed E-state index contributed by atoms with van der Waals surface area (Å²) in [5.41, 5.74) is 5.62. The lowest BCUT2D eigenvalue weighted by atomic mass is 9.48. The van der Waals surface area contributed by atoms with Gasteiger partial charge >= 0.3 is 0 Å². The first-order valence-electron chi connectivity index (χ1n) is 14.8. The predicted molar refractivity (Wildman–Crippen MR) is 166 cm³/mol. The number of benzene rings is 3. The van der Waals surface area contributed by atoms with Gasteiger partial charge in [0.05, 0.1) is 13.3 Å². The van der Waals surface area contributed by atoms with Gasteiger partial charge in [-0.3, -0.25) is 9.59 Å². The number of amides is 2. The van der Waals surface area contributed by atoms with Crippen LogP contribution in [0.25, 0.3) is 0 Å². The van der Waals surface area contributed by atoms with E-state index in [4.69, 9.17) is 25.8 Å². The third-order valence-corrected chi connectivity index (χ3v) is 9.17. The van der Waals surface area contributed by atoms with Crippen LogP contribution in [0.3, 0.4) is 0 Å². The fourth-order valence-corrected chi connectivity index (χ4v) is 7.69. The second-order valence-corrected chi connectivity index (χ2v) is 12.5. The molecule has 0 atom stereocenters. The lowest BCUT2D eigenvalue weighted by Gasteiger charge is -2.57. The smallest absolute Gasteiger partial charge is 0.277 e. The van der Waals surface area contributed by atoms with Crippen LogP contribution in [0.15, 0.2) is 71.8 Å². The average molecular weight is 602 g/mol. The molecule has 7 rings (SSSR count). The molecule has 4 fully saturated rings. The van der Waals surface area contributed by atoms with Gasteiger partial charge in [0, 0.05) is 10.7 Å². The number of nitrogens with zero attached hydrogens (tertiary/aromatic N) is 1. The van der Waals surface area contributed by atoms with Crippen molar-refractivity contribution in [2.75, 3.05) is 25.6 Å². The Bertz CT molecular complexity index is 1470. The summed E-state index contributed by atoms with van der Waals surface area (Å²) in [6.07, 6.45) is 9.71. The molecule has 43 heavy (non-hydrogen) atoms. The molecule has 2 N–H and O–H groups in total. The number of hydrogen-bond acceptors (Lipinski definition) is 6. The number of nitrogens with one attached hydrogen (secondary N) is 2. The van der Waals surface area contributed by atoms with Crippen molar-refractivity contribution in [2.24, 2.45) is 22.9 Å². The van der Waals surface area contributed by atoms with Crippen LogP contribution in [-0.2, 0) is 15.0 Å². The fourth-order valence-electron chi connectivity index (χ4n) is 7.51. The van der Waals surface area contributed by atoms with Crippen LogP contribution in [0.5, 0.6) is 17.2 Å². The molecule has 0 unspecified atom stereocenters. The fraction of sp³-hybridized carbons (Fsp3) is 0.382. The molecule has 0 aromatic heterocycles. The Hall–Kier alpha value is -4.04. The number of hydrazone groups is 1. The zero-order valence-electron chi connectivity index (χ0n) is 24.2. The molecule has 2 amide bonds. The Morgan fingerprint density at radius 2 is 1.58 bits per heavy atom. The number of ether oxygens (including phenoxy) is 3. The molecule has 8 nitrogen and oxygen atoms in total. The summed E-state index contributed by atoms with van der Waals surface area (Å²) in [6, 6.07) is 20.4. The van der Waals surface area contributed by atoms with Crippen LogP contribution >= 0.6 is 11.6 Å². The Labute approximate surface area is 256 Å². The maximum Gasteiger partial charge on any atom is 0.277 e. The topological polar surface area (TPSA) is 98.2 Å². The maximum atomic E-state index is 12.7. The number of halogens is 1. The minimum atomic E-state index is -0.420. The van der Waals surface area contributed by atoms with Gasteiger partial charge < -0.3 is 19.5 Å². The van der Waals surface area contributed by atoms with Gasteiger partial charge in [-0.1, -0.05) is 29.8 Å². The van der Waals surface area contributed by atoms with Crippen molar-refractivity contribution in [3.05, 3.63) is 82.9 Å². The molecule has 4 aliphatic carbocycles. The van der Waals surface area contributed by atoms with Gasteiger partial charge in [-0.2, -0.15) is 5.10 Å². The highest BCUT2D eigenvalue weighted by molar-refractivity contribution is 6.30. The molecule has 0 aliphatic heterocycles. The minimum Gasteiger partial charge on any atom is -0.493 e. The van der Waals surface area contributed by atoms with Crippen molar-refractivity contribution in [3.63, 3.8) is 0 Å². The number of methoxy groups -OCH3 is 1. The first-order chi connectivity index (χ1) is 20.9. The maximum absolute atomic E-state index is 12.7. The Balaban J connectivity index is 0.974. The van der Waals surface area contributed by atoms with Gasteiger partial charge in [0.1, 0.15) is 5.75 Å². The van der Waals surface area contributed by atoms with Crippen LogP contribution in [0.2, 0.25) is 5.02 Å². The van der Waals surface area contributed by atoms with Crippen molar-refractivity contribution >= 4 is 35.3 Å². The van der Waals surface area contributed by atoms with E-state index in [-0.39, 0.29) is 19.1 Å². The van der Waals surface area contributed by atoms with Crippen LogP contribution < -0.4 is 25.0 Å². The summed E-state index contributed by atoms with van der Waals surface area (Å²) >= 11 is 5.92. The van der Waals surface area contributed by atoms with Crippen molar-refractivity contribution in [3.8, 4) is 17.2 Å². The summed E-state index contributed by atoms with van der Waals surface area (Å²) < 4.78 is 16.6. The van der Waals surface area contributed by atoms with Crippen molar-refractivity contribution in [1.82, 2.24) is 5.43 Å². The largest absolute Gasteiger partial charge is 0.493 e. The SMILES string of the molecule is COc1cc(/C=N/NC(=O)COc2cccc(Cl)c2)ccc1OCC(=O)Nc1ccc(C23CC4CC(CC(C4)C2)C3)cc1. The zero-order valence-corrected chi connectivity index (χ0v) is 24.9. The third kappa shape index (κ3) is 6.96. The minimum absolute atomic E-state index is 0.163. The van der Waals surface area contributed by atoms with E-state index in [1.807, 2.05) is 12.1 Å². The van der Waals surface area contributed by atoms with E-state index in [1.165, 1.54) is 57.4 Å². The molecule has 9 heteroatoms. The molecule has 0 radical (unpaired) electrons. The van der Waals surface area contributed by atoms with Gasteiger partial charge in [0.15, 0.2) is 24.7 Å². The second kappa shape index (κ2) is 12.7. The summed E-state index contributed by atoms with van der Waals surface area (Å²) in [6.45, 7) is -0.370. The van der Waals surface area contributed by atoms with E-state index in [2.05, 4.69) is 28.0 Å². The second-order valence-electron chi connectivity index (χ2n) is 12.1. The number of hydrogen-bond donors (Lipinski definition) is 2. The molecule has 0 saturated heterocycles. The Kier molecular flexibility index (Phi) is 8.56. The Morgan fingerprint density at radius 3 is 2.26 bits per heavy atom. The highest BCUT2D eigenvalue weighted by Gasteiger charge is 2.51. The molecule has 4 bridgehead atoms. The Morgan fingerprint density at radius 1 is 0.884 bits per heavy atom. The molecule has 3 aromatic carbocycles. The van der Waals surface area contributed by atoms with Crippen LogP contribution in [0.4, 0.5) is 5.69 Å². The van der Waals surface area contributed by atoms with Gasteiger partial charge in [0.25, 0.3) is 11.8 Å². The molecule has 4 aliphatic rings. The molecule has 4 saturated carbocycles. The van der Waals surface area contributed by atoms with Gasteiger partial charge in [-0.25, -0.2) is 5.43 Å². The van der Waals surface area contributed by atoms with Crippen molar-refractivity contribution in [1.29, 1.82) is 0 Å². The van der Waals surface area contributed by atoms with Crippen molar-refractivity contribution < 1.29 is 23.8 Å². The van der Waals surface area contributed by atoms with E-state index in [0.717, 1.165) is 23.4 Å². The summed E-state index contributed by atoms with van der Waals surface area (Å²) in [7, 11) is 1.52. The van der Waals surface area contributed by atoms with Crippen LogP contribution in [0.1, 0.15) is 49.7 Å². The summed E-state index contributed by atoms with van der Waals surface area (Å²) in [5.74, 6) is 3.37. The molecule has 0 spiro atoms. The highest BCUT2D eigenvalue weighted by Crippen LogP contribution is 2.60. The first kappa shape index (κ1) is 29.1. The number of anilines is 1. The quantitative estimate of drug-likeness (QED) is 0.197. The number of rotatable bonds is 11. The molecular formula is C34H36ClN3O5. The van der Waals surface area contributed by atoms with E-state index >= 15 is 0 Å². The van der Waals surface area contributed by atoms with E-state index < -0.39 is 5.91 Å². The van der Waals surface area contributed by atoms with E-state index in [1.54, 1.807) is 42.5 Å². The zero-order chi connectivity index (χ0) is 29.8. The molecule has 224 valence electrons. The van der Waals surface area contributed by atoms with E-state index in [9.17, 15) is 9.59 Å². The average Bonchev–Trinajstić information content (AvgIpc) is 2.99. The molecular weight excluding hydrogens is 566 g/mol. The van der Waals surface area contributed by atoms with Crippen molar-refractivity contribution in [2.45, 2.75) is 43.9 Å². The van der Waals surface area contributed by atoms with Gasteiger partial charge in [0.2, 0.25) is 0 Å². The third-order valence-electron chi connectivity index (χ3n) is 8.93. The highest BCUT2D eigenvalue weighted by atomic mass is 35.5. The molecule has 0 heterocycles. The monoisotopic (exact) mass is 601 g/mol. The standard InChI is InChI=1S/C34H36ClN3O5/c1-41-31-14-22(19-36-38-33(40)21-42-29-4-2-3-27(35)15-29)5-10-30(31)43-20-32(39)37-28-8-6-26(7-9-28)34-16-23-11-24(17-34)13-25(12-23)18-34/h2-10,14-15,19,23-25H,11-13,16-18,20-21H2,1H3,(H,37,39)(H,38,40)/b36-19+. The summed E-state index contributed by atoms with van der Waals surface area (Å²) in [4.78, 5) is 24.7. The van der Waals surface area contributed by atoms with Crippen LogP contribution in [-0.4, -0.2) is 38.4 Å². The van der Waals surface area contributed by atoms with Gasteiger partial charge in [-0.15, -0.1) is 0 Å². The van der Waals surface area contributed by atoms with Crippen LogP contribution in [0, 0.1) is 17.8 Å². The lowest BCUT2D eigenvalue weighted by molar-refractivity contribution is -0.123. The number of carbonyl (C=O) groups excluding carboxylic acids is 2. The lowest BCUT2D eigenvalue weighted by Crippen LogP contribution is -2.48. The number of carbonyl (C=O) groups is 2. The normalized spacial score (nSPS) is 23.6. The summed E-state index contributed by atoms with van der Waals surface area (Å²) in [5, 5.41) is 7.43. The molecule has 3 aromatic rings. The first-order valence-corrected chi connectivity index (χ1v) is 15.2. The van der Waals surface area contributed by atoms with Gasteiger partial charge in [-0.05, 0) is 121 Å². The van der Waals surface area contributed by atoms with E-state index in [0.29, 0.717) is 33.2 Å². The predicted octanol–water partition coefficient (Wildman–Crippen LogP) is 6.36.